The second kappa shape index (κ2) is 11.0. The van der Waals surface area contributed by atoms with E-state index in [1.54, 1.807) is 12.3 Å². The van der Waals surface area contributed by atoms with Crippen molar-refractivity contribution in [3.05, 3.63) is 36.2 Å². The molecular weight excluding hydrogens is 549 g/mol. The third kappa shape index (κ3) is 5.07. The standard InChI is InChI=1S/C30H37F3N6O3/c1-2-42-26-21(6-5-13-35-26)22-7-8-23(24(37-22)25(40)36-20-9-14-34-16-20)39-18-28(19-39)12-15-38(17-28)27(41)29(30(31,32)33)10-3-4-11-29/h5-8,13,20,34H,2-4,9-12,14-19H2,1H3,(H,36,40)/t20-/m1/s1. The van der Waals surface area contributed by atoms with Gasteiger partial charge in [0.1, 0.15) is 5.41 Å². The largest absolute Gasteiger partial charge is 0.477 e. The summed E-state index contributed by atoms with van der Waals surface area (Å²) >= 11 is 0. The number of ether oxygens (including phenoxy) is 1. The molecule has 0 aromatic carbocycles. The van der Waals surface area contributed by atoms with Crippen molar-refractivity contribution < 1.29 is 27.5 Å². The van der Waals surface area contributed by atoms with E-state index in [1.807, 2.05) is 30.0 Å². The third-order valence-corrected chi connectivity index (χ3v) is 9.34. The maximum atomic E-state index is 14.1. The minimum absolute atomic E-state index is 0.00172. The molecule has 4 fully saturated rings. The summed E-state index contributed by atoms with van der Waals surface area (Å²) in [6.07, 6.45) is -0.836. The Morgan fingerprint density at radius 2 is 1.93 bits per heavy atom. The Labute approximate surface area is 243 Å². The maximum Gasteiger partial charge on any atom is 0.403 e. The SMILES string of the molecule is CCOc1ncccc1-c1ccc(N2CC3(CCN(C(=O)C4(C(F)(F)F)CCCC4)C3)C2)c(C(=O)N[C@@H]2CCNC2)n1. The number of alkyl halides is 3. The number of likely N-dealkylation sites (tertiary alicyclic amines) is 1. The highest BCUT2D eigenvalue weighted by Gasteiger charge is 2.63. The molecule has 2 aromatic rings. The number of aromatic nitrogens is 2. The summed E-state index contributed by atoms with van der Waals surface area (Å²) in [6, 6.07) is 7.35. The van der Waals surface area contributed by atoms with Crippen molar-refractivity contribution in [2.45, 2.75) is 57.7 Å². The number of halogens is 3. The fourth-order valence-corrected chi connectivity index (χ4v) is 7.09. The van der Waals surface area contributed by atoms with Crippen LogP contribution in [0.3, 0.4) is 0 Å². The topological polar surface area (TPSA) is 99.7 Å². The van der Waals surface area contributed by atoms with Gasteiger partial charge < -0.3 is 25.2 Å². The lowest BCUT2D eigenvalue weighted by atomic mass is 9.78. The van der Waals surface area contributed by atoms with Gasteiger partial charge in [-0.3, -0.25) is 9.59 Å². The highest BCUT2D eigenvalue weighted by molar-refractivity contribution is 5.99. The van der Waals surface area contributed by atoms with Crippen LogP contribution in [-0.2, 0) is 4.79 Å². The van der Waals surface area contributed by atoms with E-state index in [-0.39, 0.29) is 35.9 Å². The summed E-state index contributed by atoms with van der Waals surface area (Å²) in [7, 11) is 0. The van der Waals surface area contributed by atoms with E-state index in [2.05, 4.69) is 15.6 Å². The van der Waals surface area contributed by atoms with E-state index >= 15 is 0 Å². The van der Waals surface area contributed by atoms with Crippen molar-refractivity contribution in [3.8, 4) is 17.1 Å². The zero-order valence-corrected chi connectivity index (χ0v) is 23.8. The van der Waals surface area contributed by atoms with Crippen LogP contribution in [0, 0.1) is 10.8 Å². The van der Waals surface area contributed by atoms with Crippen molar-refractivity contribution in [3.63, 3.8) is 0 Å². The first kappa shape index (κ1) is 28.7. The van der Waals surface area contributed by atoms with Gasteiger partial charge in [0, 0.05) is 50.4 Å². The molecular formula is C30H37F3N6O3. The molecule has 0 bridgehead atoms. The van der Waals surface area contributed by atoms with Gasteiger partial charge in [-0.1, -0.05) is 12.8 Å². The highest BCUT2D eigenvalue weighted by Crippen LogP contribution is 2.53. The van der Waals surface area contributed by atoms with Crippen LogP contribution in [0.15, 0.2) is 30.5 Å². The number of anilines is 1. The number of hydrogen-bond donors (Lipinski definition) is 2. The summed E-state index contributed by atoms with van der Waals surface area (Å²) < 4.78 is 47.9. The molecule has 4 aliphatic rings. The fraction of sp³-hybridized carbons (Fsp3) is 0.600. The highest BCUT2D eigenvalue weighted by atomic mass is 19.4. The van der Waals surface area contributed by atoms with Crippen LogP contribution in [0.4, 0.5) is 18.9 Å². The number of hydrogen-bond acceptors (Lipinski definition) is 7. The minimum Gasteiger partial charge on any atom is -0.477 e. The van der Waals surface area contributed by atoms with Crippen LogP contribution in [0.5, 0.6) is 5.88 Å². The number of amides is 2. The van der Waals surface area contributed by atoms with E-state index in [0.29, 0.717) is 81.4 Å². The summed E-state index contributed by atoms with van der Waals surface area (Å²) in [4.78, 5) is 39.4. The van der Waals surface area contributed by atoms with E-state index in [4.69, 9.17) is 9.72 Å². The molecule has 12 heteroatoms. The predicted octanol–water partition coefficient (Wildman–Crippen LogP) is 3.80. The monoisotopic (exact) mass is 586 g/mol. The summed E-state index contributed by atoms with van der Waals surface area (Å²) in [5.41, 5.74) is -0.344. The van der Waals surface area contributed by atoms with Crippen LogP contribution >= 0.6 is 0 Å². The molecule has 9 nitrogen and oxygen atoms in total. The molecule has 1 spiro atoms. The fourth-order valence-electron chi connectivity index (χ4n) is 7.09. The van der Waals surface area contributed by atoms with Gasteiger partial charge in [0.25, 0.3) is 5.91 Å². The van der Waals surface area contributed by atoms with Gasteiger partial charge >= 0.3 is 6.18 Å². The number of carbonyl (C=O) groups excluding carboxylic acids is 2. The van der Waals surface area contributed by atoms with Crippen LogP contribution in [0.2, 0.25) is 0 Å². The number of nitrogens with zero attached hydrogens (tertiary/aromatic N) is 4. The molecule has 1 atom stereocenters. The van der Waals surface area contributed by atoms with Gasteiger partial charge in [-0.2, -0.15) is 13.2 Å². The Hall–Kier alpha value is -3.41. The second-order valence-electron chi connectivity index (χ2n) is 12.1. The average Bonchev–Trinajstić information content (AvgIpc) is 3.73. The molecule has 0 radical (unpaired) electrons. The van der Waals surface area contributed by atoms with Gasteiger partial charge in [0.2, 0.25) is 11.8 Å². The second-order valence-corrected chi connectivity index (χ2v) is 12.1. The average molecular weight is 587 g/mol. The Morgan fingerprint density at radius 1 is 1.14 bits per heavy atom. The zero-order chi connectivity index (χ0) is 29.5. The van der Waals surface area contributed by atoms with Gasteiger partial charge in [-0.05, 0) is 63.4 Å². The smallest absolute Gasteiger partial charge is 0.403 e. The summed E-state index contributed by atoms with van der Waals surface area (Å²) in [5.74, 6) is -0.607. The zero-order valence-electron chi connectivity index (χ0n) is 23.8. The third-order valence-electron chi connectivity index (χ3n) is 9.34. The number of carbonyl (C=O) groups is 2. The van der Waals surface area contributed by atoms with E-state index in [9.17, 15) is 22.8 Å². The molecule has 1 saturated carbocycles. The van der Waals surface area contributed by atoms with Gasteiger partial charge in [0.05, 0.1) is 23.6 Å². The first-order chi connectivity index (χ1) is 20.1. The van der Waals surface area contributed by atoms with Crippen molar-refractivity contribution in [1.82, 2.24) is 25.5 Å². The van der Waals surface area contributed by atoms with Crippen molar-refractivity contribution >= 4 is 17.5 Å². The van der Waals surface area contributed by atoms with Crippen LogP contribution in [0.25, 0.3) is 11.3 Å². The Morgan fingerprint density at radius 3 is 2.62 bits per heavy atom. The molecule has 3 saturated heterocycles. The van der Waals surface area contributed by atoms with Crippen LogP contribution in [0.1, 0.15) is 55.9 Å². The molecule has 5 heterocycles. The Balaban J connectivity index is 1.23. The lowest BCUT2D eigenvalue weighted by Gasteiger charge is -2.50. The number of pyridine rings is 2. The Bertz CT molecular complexity index is 1330. The molecule has 2 aromatic heterocycles. The van der Waals surface area contributed by atoms with Crippen molar-refractivity contribution in [2.24, 2.45) is 10.8 Å². The molecule has 2 N–H and O–H groups in total. The predicted molar refractivity (Wildman–Crippen MR) is 150 cm³/mol. The van der Waals surface area contributed by atoms with Gasteiger partial charge in [-0.25, -0.2) is 9.97 Å². The van der Waals surface area contributed by atoms with Gasteiger partial charge in [0.15, 0.2) is 5.69 Å². The molecule has 2 amide bonds. The lowest BCUT2D eigenvalue weighted by Crippen LogP contribution is -2.59. The van der Waals surface area contributed by atoms with Crippen molar-refractivity contribution in [2.75, 3.05) is 50.8 Å². The number of nitrogens with one attached hydrogen (secondary N) is 2. The molecule has 0 unspecified atom stereocenters. The van der Waals surface area contributed by atoms with Crippen LogP contribution < -0.4 is 20.3 Å². The normalized spacial score (nSPS) is 22.8. The quantitative estimate of drug-likeness (QED) is 0.509. The molecule has 6 rings (SSSR count). The van der Waals surface area contributed by atoms with Crippen molar-refractivity contribution in [1.29, 1.82) is 0 Å². The van der Waals surface area contributed by atoms with E-state index < -0.39 is 17.5 Å². The van der Waals surface area contributed by atoms with Gasteiger partial charge in [-0.15, -0.1) is 0 Å². The summed E-state index contributed by atoms with van der Waals surface area (Å²) in [6.45, 7) is 5.53. The van der Waals surface area contributed by atoms with E-state index in [1.165, 1.54) is 4.90 Å². The minimum atomic E-state index is -4.54. The first-order valence-corrected chi connectivity index (χ1v) is 14.9. The first-order valence-electron chi connectivity index (χ1n) is 14.9. The molecule has 3 aliphatic heterocycles. The lowest BCUT2D eigenvalue weighted by molar-refractivity contribution is -0.225. The summed E-state index contributed by atoms with van der Waals surface area (Å²) in [5, 5.41) is 6.35. The number of rotatable bonds is 7. The molecule has 1 aliphatic carbocycles. The maximum absolute atomic E-state index is 14.1. The molecule has 42 heavy (non-hydrogen) atoms. The Kier molecular flexibility index (Phi) is 7.53. The van der Waals surface area contributed by atoms with Crippen LogP contribution in [-0.4, -0.2) is 84.8 Å². The van der Waals surface area contributed by atoms with E-state index in [0.717, 1.165) is 13.0 Å². The molecule has 226 valence electrons.